The summed E-state index contributed by atoms with van der Waals surface area (Å²) in [6, 6.07) is 25.1. The lowest BCUT2D eigenvalue weighted by Crippen LogP contribution is -2.61. The lowest BCUT2D eigenvalue weighted by Gasteiger charge is -2.42. The first-order valence-corrected chi connectivity index (χ1v) is 11.2. The Hall–Kier alpha value is -3.64. The number of piperidine rings is 1. The van der Waals surface area contributed by atoms with Gasteiger partial charge in [0.25, 0.3) is 0 Å². The second-order valence-corrected chi connectivity index (χ2v) is 8.82. The highest BCUT2D eigenvalue weighted by atomic mass is 16.5. The molecule has 1 saturated heterocycles. The number of aliphatic carboxylic acids is 1. The molecule has 1 aliphatic carbocycles. The third kappa shape index (κ3) is 3.76. The number of anilines is 1. The van der Waals surface area contributed by atoms with E-state index in [1.165, 1.54) is 0 Å². The molecule has 3 aromatic rings. The predicted molar refractivity (Wildman–Crippen MR) is 126 cm³/mol. The van der Waals surface area contributed by atoms with Gasteiger partial charge in [0, 0.05) is 24.6 Å². The molecule has 1 fully saturated rings. The van der Waals surface area contributed by atoms with Crippen LogP contribution in [-0.2, 0) is 14.3 Å². The summed E-state index contributed by atoms with van der Waals surface area (Å²) in [6.07, 6.45) is 0.248. The van der Waals surface area contributed by atoms with Gasteiger partial charge in [0.1, 0.15) is 18.2 Å². The number of hydrogen-bond acceptors (Lipinski definition) is 5. The van der Waals surface area contributed by atoms with Crippen LogP contribution in [0.15, 0.2) is 78.9 Å². The quantitative estimate of drug-likeness (QED) is 0.584. The van der Waals surface area contributed by atoms with Crippen molar-refractivity contribution >= 4 is 17.6 Å². The van der Waals surface area contributed by atoms with E-state index >= 15 is 0 Å². The lowest BCUT2D eigenvalue weighted by atomic mass is 9.83. The largest absolute Gasteiger partial charge is 0.480 e. The normalized spacial score (nSPS) is 21.8. The molecule has 3 aromatic carbocycles. The average Bonchev–Trinajstić information content (AvgIpc) is 3.17. The maximum Gasteiger partial charge on any atom is 0.328 e. The minimum atomic E-state index is -1.46. The minimum absolute atomic E-state index is 0.00605. The van der Waals surface area contributed by atoms with Crippen molar-refractivity contribution in [3.63, 3.8) is 0 Å². The number of carboxylic acid groups (broad SMARTS) is 1. The lowest BCUT2D eigenvalue weighted by molar-refractivity contribution is -0.149. The number of para-hydroxylation sites is 1. The first kappa shape index (κ1) is 21.2. The number of nitrogens with zero attached hydrogens (tertiary/aromatic N) is 1. The molecule has 0 aromatic heterocycles. The van der Waals surface area contributed by atoms with Gasteiger partial charge in [0.2, 0.25) is 0 Å². The molecule has 0 saturated carbocycles. The zero-order valence-electron chi connectivity index (χ0n) is 18.2. The molecule has 0 radical (unpaired) electrons. The van der Waals surface area contributed by atoms with Crippen LogP contribution in [0.3, 0.4) is 0 Å². The molecule has 3 N–H and O–H groups in total. The van der Waals surface area contributed by atoms with E-state index in [4.69, 9.17) is 10.5 Å². The number of esters is 1. The number of ether oxygens (including phenoxy) is 1. The number of hydrogen-bond donors (Lipinski definition) is 2. The zero-order valence-corrected chi connectivity index (χ0v) is 18.2. The van der Waals surface area contributed by atoms with E-state index in [1.54, 1.807) is 0 Å². The van der Waals surface area contributed by atoms with Gasteiger partial charge in [-0.1, -0.05) is 66.7 Å². The van der Waals surface area contributed by atoms with Crippen molar-refractivity contribution in [1.29, 1.82) is 0 Å². The van der Waals surface area contributed by atoms with Crippen molar-refractivity contribution in [3.05, 3.63) is 90.0 Å². The molecule has 1 heterocycles. The van der Waals surface area contributed by atoms with Crippen LogP contribution in [0, 0.1) is 0 Å². The molecule has 6 heteroatoms. The van der Waals surface area contributed by atoms with Gasteiger partial charge < -0.3 is 20.5 Å². The van der Waals surface area contributed by atoms with E-state index < -0.39 is 23.5 Å². The predicted octanol–water partition coefficient (Wildman–Crippen LogP) is 3.79. The van der Waals surface area contributed by atoms with Crippen molar-refractivity contribution < 1.29 is 19.4 Å². The highest BCUT2D eigenvalue weighted by molar-refractivity contribution is 5.86. The van der Waals surface area contributed by atoms with Crippen LogP contribution in [-0.4, -0.2) is 41.8 Å². The van der Waals surface area contributed by atoms with Crippen LogP contribution in [0.25, 0.3) is 11.1 Å². The van der Waals surface area contributed by atoms with Gasteiger partial charge in [-0.25, -0.2) is 4.79 Å². The number of nitrogens with two attached hydrogens (primary N) is 1. The Morgan fingerprint density at radius 1 is 0.939 bits per heavy atom. The van der Waals surface area contributed by atoms with E-state index in [0.717, 1.165) is 27.9 Å². The van der Waals surface area contributed by atoms with E-state index in [9.17, 15) is 14.7 Å². The van der Waals surface area contributed by atoms with E-state index in [-0.39, 0.29) is 25.4 Å². The summed E-state index contributed by atoms with van der Waals surface area (Å²) >= 11 is 0. The highest BCUT2D eigenvalue weighted by Crippen LogP contribution is 2.44. The summed E-state index contributed by atoms with van der Waals surface area (Å²) in [5.74, 6) is -1.60. The number of carbonyl (C=O) groups excluding carboxylic acids is 1. The summed E-state index contributed by atoms with van der Waals surface area (Å²) in [4.78, 5) is 27.1. The van der Waals surface area contributed by atoms with Gasteiger partial charge in [-0.2, -0.15) is 0 Å². The van der Waals surface area contributed by atoms with E-state index in [0.29, 0.717) is 6.54 Å². The van der Waals surface area contributed by atoms with Gasteiger partial charge in [-0.3, -0.25) is 4.79 Å². The van der Waals surface area contributed by atoms with Gasteiger partial charge in [-0.15, -0.1) is 0 Å². The highest BCUT2D eigenvalue weighted by Gasteiger charge is 2.46. The molecule has 2 aliphatic rings. The second-order valence-electron chi connectivity index (χ2n) is 8.82. The molecule has 2 unspecified atom stereocenters. The fourth-order valence-electron chi connectivity index (χ4n) is 5.07. The van der Waals surface area contributed by atoms with Crippen molar-refractivity contribution in [2.45, 2.75) is 30.3 Å². The molecular formula is C27H26N2O4. The van der Waals surface area contributed by atoms with Gasteiger partial charge in [-0.05, 0) is 40.8 Å². The standard InChI is InChI=1S/C27H26N2O4/c28-27(26(31)32)14-15-29(18-8-2-1-3-9-18)24(16-27)25(30)33-17-23-21-12-6-4-10-19(21)20-11-5-7-13-22(20)23/h1-13,23-24H,14-17,28H2,(H,31,32). The Morgan fingerprint density at radius 3 is 2.12 bits per heavy atom. The van der Waals surface area contributed by atoms with Gasteiger partial charge in [0.15, 0.2) is 0 Å². The summed E-state index contributed by atoms with van der Waals surface area (Å²) in [7, 11) is 0. The minimum Gasteiger partial charge on any atom is -0.480 e. The molecule has 33 heavy (non-hydrogen) atoms. The summed E-state index contributed by atoms with van der Waals surface area (Å²) in [5, 5.41) is 9.68. The first-order chi connectivity index (χ1) is 16.0. The Labute approximate surface area is 192 Å². The zero-order chi connectivity index (χ0) is 23.0. The second kappa shape index (κ2) is 8.37. The Morgan fingerprint density at radius 2 is 1.52 bits per heavy atom. The molecule has 168 valence electrons. The van der Waals surface area contributed by atoms with Crippen LogP contribution in [0.5, 0.6) is 0 Å². The van der Waals surface area contributed by atoms with Crippen LogP contribution in [0.2, 0.25) is 0 Å². The maximum atomic E-state index is 13.4. The van der Waals surface area contributed by atoms with Crippen molar-refractivity contribution in [1.82, 2.24) is 0 Å². The Balaban J connectivity index is 1.40. The van der Waals surface area contributed by atoms with Crippen LogP contribution in [0.4, 0.5) is 5.69 Å². The maximum absolute atomic E-state index is 13.4. The van der Waals surface area contributed by atoms with Crippen LogP contribution < -0.4 is 10.6 Å². The third-order valence-electron chi connectivity index (χ3n) is 6.87. The fourth-order valence-corrected chi connectivity index (χ4v) is 5.07. The number of carboxylic acids is 1. The van der Waals surface area contributed by atoms with Crippen molar-refractivity contribution in [2.75, 3.05) is 18.1 Å². The topological polar surface area (TPSA) is 92.9 Å². The van der Waals surface area contributed by atoms with Crippen LogP contribution >= 0.6 is 0 Å². The Kier molecular flexibility index (Phi) is 5.38. The summed E-state index contributed by atoms with van der Waals surface area (Å²) < 4.78 is 5.87. The average molecular weight is 443 g/mol. The smallest absolute Gasteiger partial charge is 0.328 e. The number of benzene rings is 3. The van der Waals surface area contributed by atoms with E-state index in [1.807, 2.05) is 59.5 Å². The molecule has 0 amide bonds. The summed E-state index contributed by atoms with van der Waals surface area (Å²) in [5.41, 5.74) is 10.2. The van der Waals surface area contributed by atoms with Gasteiger partial charge in [0.05, 0.1) is 0 Å². The van der Waals surface area contributed by atoms with Crippen molar-refractivity contribution in [3.8, 4) is 11.1 Å². The number of rotatable bonds is 5. The van der Waals surface area contributed by atoms with Gasteiger partial charge >= 0.3 is 11.9 Å². The summed E-state index contributed by atoms with van der Waals surface area (Å²) in [6.45, 7) is 0.554. The molecular weight excluding hydrogens is 416 g/mol. The molecule has 0 bridgehead atoms. The molecule has 5 rings (SSSR count). The Bertz CT molecular complexity index is 1150. The molecule has 0 spiro atoms. The fraction of sp³-hybridized carbons (Fsp3) is 0.259. The van der Waals surface area contributed by atoms with Crippen molar-refractivity contribution in [2.24, 2.45) is 5.73 Å². The number of fused-ring (bicyclic) bond motifs is 3. The number of carbonyl (C=O) groups is 2. The SMILES string of the molecule is NC1(C(=O)O)CCN(c2ccccc2)C(C(=O)OCC2c3ccccc3-c3ccccc32)C1. The monoisotopic (exact) mass is 442 g/mol. The van der Waals surface area contributed by atoms with E-state index in [2.05, 4.69) is 24.3 Å². The third-order valence-corrected chi connectivity index (χ3v) is 6.87. The molecule has 1 aliphatic heterocycles. The molecule has 2 atom stereocenters. The first-order valence-electron chi connectivity index (χ1n) is 11.2. The van der Waals surface area contributed by atoms with Crippen LogP contribution in [0.1, 0.15) is 29.9 Å². The molecule has 6 nitrogen and oxygen atoms in total.